The van der Waals surface area contributed by atoms with Crippen molar-refractivity contribution in [3.8, 4) is 22.9 Å². The summed E-state index contributed by atoms with van der Waals surface area (Å²) in [5.74, 6) is 1.58. The summed E-state index contributed by atoms with van der Waals surface area (Å²) in [5.41, 5.74) is 6.01. The van der Waals surface area contributed by atoms with Gasteiger partial charge in [-0.15, -0.1) is 11.3 Å². The molecule has 1 aliphatic rings. The molecule has 0 radical (unpaired) electrons. The van der Waals surface area contributed by atoms with Crippen molar-refractivity contribution in [3.63, 3.8) is 0 Å². The normalized spacial score (nSPS) is 12.4. The van der Waals surface area contributed by atoms with Crippen molar-refractivity contribution in [3.05, 3.63) is 105 Å². The van der Waals surface area contributed by atoms with Crippen LogP contribution in [0.4, 0.5) is 0 Å². The van der Waals surface area contributed by atoms with Crippen LogP contribution in [0.3, 0.4) is 0 Å². The SMILES string of the molecule is CCOc1ccc(-n2c(SCC(=O)NN=Cc3ccc(OC)c(OCc4ccccc4)c3)nc3sc4c(c3c2=O)CCC4)cc1. The van der Waals surface area contributed by atoms with E-state index in [1.807, 2.05) is 67.6 Å². The van der Waals surface area contributed by atoms with Crippen molar-refractivity contribution < 1.29 is 19.0 Å². The smallest absolute Gasteiger partial charge is 0.267 e. The van der Waals surface area contributed by atoms with E-state index in [2.05, 4.69) is 10.5 Å². The van der Waals surface area contributed by atoms with E-state index in [0.717, 1.165) is 46.5 Å². The Labute approximate surface area is 268 Å². The first-order chi connectivity index (χ1) is 22.0. The third-order valence-electron chi connectivity index (χ3n) is 7.27. The highest BCUT2D eigenvalue weighted by Gasteiger charge is 2.24. The number of nitrogens with zero attached hydrogens (tertiary/aromatic N) is 3. The fourth-order valence-electron chi connectivity index (χ4n) is 5.17. The van der Waals surface area contributed by atoms with Gasteiger partial charge in [-0.1, -0.05) is 42.1 Å². The first kappa shape index (κ1) is 30.4. The summed E-state index contributed by atoms with van der Waals surface area (Å²) in [6.45, 7) is 2.86. The van der Waals surface area contributed by atoms with Crippen LogP contribution in [0.15, 0.2) is 87.8 Å². The fraction of sp³-hybridized carbons (Fsp3) is 0.235. The number of carbonyl (C=O) groups is 1. The third-order valence-corrected chi connectivity index (χ3v) is 9.40. The number of hydrazone groups is 1. The highest BCUT2D eigenvalue weighted by Crippen LogP contribution is 2.36. The van der Waals surface area contributed by atoms with Crippen LogP contribution >= 0.6 is 23.1 Å². The van der Waals surface area contributed by atoms with E-state index >= 15 is 0 Å². The van der Waals surface area contributed by atoms with Gasteiger partial charge < -0.3 is 14.2 Å². The number of amides is 1. The van der Waals surface area contributed by atoms with Crippen molar-refractivity contribution in [2.24, 2.45) is 5.10 Å². The zero-order valence-corrected chi connectivity index (χ0v) is 26.6. The summed E-state index contributed by atoms with van der Waals surface area (Å²) >= 11 is 2.78. The van der Waals surface area contributed by atoms with Crippen molar-refractivity contribution in [1.82, 2.24) is 15.0 Å². The van der Waals surface area contributed by atoms with Gasteiger partial charge in [-0.05, 0) is 85.3 Å². The van der Waals surface area contributed by atoms with E-state index in [4.69, 9.17) is 19.2 Å². The number of aromatic nitrogens is 2. The molecule has 11 heteroatoms. The van der Waals surface area contributed by atoms with Gasteiger partial charge >= 0.3 is 0 Å². The Balaban J connectivity index is 1.17. The standard InChI is InChI=1S/C34H32N4O5S2/c1-3-42-25-15-13-24(14-16-25)38-33(40)31-26-10-7-11-29(26)45-32(31)36-34(38)44-21-30(39)37-35-19-23-12-17-27(41-2)28(18-23)43-20-22-8-5-4-6-9-22/h4-6,8-9,12-19H,3,7,10-11,20-21H2,1-2H3,(H,37,39). The van der Waals surface area contributed by atoms with Gasteiger partial charge in [-0.2, -0.15) is 5.10 Å². The Morgan fingerprint density at radius 1 is 1.07 bits per heavy atom. The van der Waals surface area contributed by atoms with Crippen LogP contribution in [0.2, 0.25) is 0 Å². The minimum Gasteiger partial charge on any atom is -0.494 e. The van der Waals surface area contributed by atoms with E-state index in [9.17, 15) is 9.59 Å². The molecule has 0 bridgehead atoms. The van der Waals surface area contributed by atoms with Gasteiger partial charge in [0.25, 0.3) is 11.5 Å². The van der Waals surface area contributed by atoms with Crippen LogP contribution in [-0.4, -0.2) is 41.1 Å². The molecule has 0 fully saturated rings. The molecule has 0 aliphatic heterocycles. The lowest BCUT2D eigenvalue weighted by atomic mass is 10.2. The molecule has 0 spiro atoms. The Hall–Kier alpha value is -4.61. The molecule has 0 unspecified atom stereocenters. The molecule has 9 nitrogen and oxygen atoms in total. The van der Waals surface area contributed by atoms with Gasteiger partial charge in [0, 0.05) is 4.88 Å². The van der Waals surface area contributed by atoms with Crippen LogP contribution < -0.4 is 25.2 Å². The fourth-order valence-corrected chi connectivity index (χ4v) is 7.28. The molecule has 5 aromatic rings. The molecule has 1 N–H and O–H groups in total. The van der Waals surface area contributed by atoms with Crippen LogP contribution in [0.25, 0.3) is 15.9 Å². The predicted octanol–water partition coefficient (Wildman–Crippen LogP) is 6.16. The summed E-state index contributed by atoms with van der Waals surface area (Å²) in [6.07, 6.45) is 4.45. The zero-order valence-electron chi connectivity index (χ0n) is 24.9. The maximum atomic E-state index is 13.9. The molecule has 0 saturated carbocycles. The second-order valence-electron chi connectivity index (χ2n) is 10.3. The van der Waals surface area contributed by atoms with Crippen LogP contribution in [0.1, 0.15) is 34.9 Å². The number of nitrogens with one attached hydrogen (secondary N) is 1. The van der Waals surface area contributed by atoms with Crippen LogP contribution in [0.5, 0.6) is 17.2 Å². The summed E-state index contributed by atoms with van der Waals surface area (Å²) in [7, 11) is 1.59. The van der Waals surface area contributed by atoms with E-state index in [0.29, 0.717) is 40.9 Å². The summed E-state index contributed by atoms with van der Waals surface area (Å²) in [5, 5.41) is 5.28. The molecule has 230 valence electrons. The number of hydrogen-bond acceptors (Lipinski definition) is 9. The average Bonchev–Trinajstić information content (AvgIpc) is 3.65. The Kier molecular flexibility index (Phi) is 9.46. The van der Waals surface area contributed by atoms with Crippen molar-refractivity contribution in [1.29, 1.82) is 0 Å². The quantitative estimate of drug-likeness (QED) is 0.0754. The number of thioether (sulfide) groups is 1. The van der Waals surface area contributed by atoms with E-state index < -0.39 is 0 Å². The molecular formula is C34H32N4O5S2. The number of fused-ring (bicyclic) bond motifs is 3. The average molecular weight is 641 g/mol. The highest BCUT2D eigenvalue weighted by atomic mass is 32.2. The topological polar surface area (TPSA) is 104 Å². The van der Waals surface area contributed by atoms with Crippen molar-refractivity contribution in [2.75, 3.05) is 19.5 Å². The highest BCUT2D eigenvalue weighted by molar-refractivity contribution is 7.99. The lowest BCUT2D eigenvalue weighted by molar-refractivity contribution is -0.118. The predicted molar refractivity (Wildman–Crippen MR) is 179 cm³/mol. The van der Waals surface area contributed by atoms with Gasteiger partial charge in [-0.25, -0.2) is 10.4 Å². The van der Waals surface area contributed by atoms with Gasteiger partial charge in [0.2, 0.25) is 0 Å². The molecule has 2 heterocycles. The van der Waals surface area contributed by atoms with Gasteiger partial charge in [0.05, 0.1) is 36.8 Å². The van der Waals surface area contributed by atoms with E-state index in [1.165, 1.54) is 16.6 Å². The molecule has 0 saturated heterocycles. The molecule has 0 atom stereocenters. The largest absolute Gasteiger partial charge is 0.494 e. The number of hydrogen-bond donors (Lipinski definition) is 1. The number of carbonyl (C=O) groups excluding carboxylic acids is 1. The van der Waals surface area contributed by atoms with Crippen LogP contribution in [0, 0.1) is 0 Å². The molecular weight excluding hydrogens is 609 g/mol. The third kappa shape index (κ3) is 6.89. The Morgan fingerprint density at radius 2 is 1.89 bits per heavy atom. The molecule has 1 amide bonds. The lowest BCUT2D eigenvalue weighted by Crippen LogP contribution is -2.24. The number of rotatable bonds is 12. The van der Waals surface area contributed by atoms with Crippen molar-refractivity contribution in [2.45, 2.75) is 37.9 Å². The molecule has 6 rings (SSSR count). The summed E-state index contributed by atoms with van der Waals surface area (Å²) in [4.78, 5) is 33.6. The number of aryl methyl sites for hydroxylation is 2. The first-order valence-corrected chi connectivity index (χ1v) is 16.4. The number of methoxy groups -OCH3 is 1. The van der Waals surface area contributed by atoms with Crippen molar-refractivity contribution >= 4 is 45.4 Å². The van der Waals surface area contributed by atoms with Gasteiger partial charge in [0.1, 0.15) is 17.2 Å². The van der Waals surface area contributed by atoms with Gasteiger partial charge in [0.15, 0.2) is 16.7 Å². The monoisotopic (exact) mass is 640 g/mol. The number of benzene rings is 3. The molecule has 2 aromatic heterocycles. The van der Waals surface area contributed by atoms with Crippen LogP contribution in [-0.2, 0) is 24.2 Å². The maximum Gasteiger partial charge on any atom is 0.267 e. The number of ether oxygens (including phenoxy) is 3. The van der Waals surface area contributed by atoms with E-state index in [1.54, 1.807) is 41.4 Å². The Morgan fingerprint density at radius 3 is 2.67 bits per heavy atom. The zero-order chi connectivity index (χ0) is 31.2. The molecule has 45 heavy (non-hydrogen) atoms. The second kappa shape index (κ2) is 14.0. The summed E-state index contributed by atoms with van der Waals surface area (Å²) in [6, 6.07) is 22.6. The summed E-state index contributed by atoms with van der Waals surface area (Å²) < 4.78 is 18.6. The number of thiophene rings is 1. The first-order valence-electron chi connectivity index (χ1n) is 14.6. The minimum atomic E-state index is -0.327. The molecule has 3 aromatic carbocycles. The van der Waals surface area contributed by atoms with Gasteiger partial charge in [-0.3, -0.25) is 14.2 Å². The Bertz CT molecular complexity index is 1900. The van der Waals surface area contributed by atoms with E-state index in [-0.39, 0.29) is 17.2 Å². The minimum absolute atomic E-state index is 0.0193. The molecule has 1 aliphatic carbocycles. The lowest BCUT2D eigenvalue weighted by Gasteiger charge is -2.13. The maximum absolute atomic E-state index is 13.9. The second-order valence-corrected chi connectivity index (χ2v) is 12.3.